The van der Waals surface area contributed by atoms with Crippen molar-refractivity contribution < 1.29 is 0 Å². The van der Waals surface area contributed by atoms with Crippen molar-refractivity contribution in [1.29, 1.82) is 0 Å². The Morgan fingerprint density at radius 3 is 2.50 bits per heavy atom. The van der Waals surface area contributed by atoms with E-state index in [0.717, 1.165) is 44.9 Å². The molecule has 0 saturated heterocycles. The third kappa shape index (κ3) is 8.53. The van der Waals surface area contributed by atoms with Gasteiger partial charge in [0.05, 0.1) is 0 Å². The standard InChI is InChI=1S/C14H22N4/c1-3-5-6-7-11-14(15)13(4-2)10-8-9-12-17-18-16/h1-2,13-14H,5-12,15H2. The molecule has 2 N–H and O–H groups in total. The van der Waals surface area contributed by atoms with Crippen LogP contribution in [0.4, 0.5) is 0 Å². The van der Waals surface area contributed by atoms with Crippen LogP contribution in [0, 0.1) is 30.6 Å². The van der Waals surface area contributed by atoms with Gasteiger partial charge in [-0.1, -0.05) is 18.0 Å². The maximum absolute atomic E-state index is 8.14. The lowest BCUT2D eigenvalue weighted by molar-refractivity contribution is 0.430. The summed E-state index contributed by atoms with van der Waals surface area (Å²) < 4.78 is 0. The average Bonchev–Trinajstić information content (AvgIpc) is 2.39. The largest absolute Gasteiger partial charge is 0.327 e. The zero-order valence-corrected chi connectivity index (χ0v) is 10.9. The van der Waals surface area contributed by atoms with Crippen LogP contribution in [0.5, 0.6) is 0 Å². The quantitative estimate of drug-likeness (QED) is 0.207. The molecule has 0 heterocycles. The van der Waals surface area contributed by atoms with E-state index in [-0.39, 0.29) is 12.0 Å². The van der Waals surface area contributed by atoms with Crippen molar-refractivity contribution in [3.63, 3.8) is 0 Å². The second-order valence-corrected chi connectivity index (χ2v) is 4.34. The van der Waals surface area contributed by atoms with E-state index in [4.69, 9.17) is 24.1 Å². The molecule has 0 saturated carbocycles. The smallest absolute Gasteiger partial charge is 0.0351 e. The number of nitrogens with two attached hydrogens (primary N) is 1. The number of hydrogen-bond donors (Lipinski definition) is 1. The zero-order valence-electron chi connectivity index (χ0n) is 10.9. The number of nitrogens with zero attached hydrogens (tertiary/aromatic N) is 3. The lowest BCUT2D eigenvalue weighted by atomic mass is 9.91. The summed E-state index contributed by atoms with van der Waals surface area (Å²) in [5.74, 6) is 5.50. The van der Waals surface area contributed by atoms with Crippen molar-refractivity contribution in [2.24, 2.45) is 16.8 Å². The van der Waals surface area contributed by atoms with Crippen molar-refractivity contribution >= 4 is 0 Å². The molecule has 0 aromatic carbocycles. The molecule has 4 heteroatoms. The van der Waals surface area contributed by atoms with Crippen LogP contribution in [0.3, 0.4) is 0 Å². The molecule has 0 aliphatic rings. The topological polar surface area (TPSA) is 74.8 Å². The number of unbranched alkanes of at least 4 members (excludes halogenated alkanes) is 3. The van der Waals surface area contributed by atoms with Gasteiger partial charge in [-0.05, 0) is 31.2 Å². The number of terminal acetylenes is 2. The summed E-state index contributed by atoms with van der Waals surface area (Å²) in [4.78, 5) is 2.71. The number of hydrogen-bond acceptors (Lipinski definition) is 2. The summed E-state index contributed by atoms with van der Waals surface area (Å²) >= 11 is 0. The monoisotopic (exact) mass is 246 g/mol. The third-order valence-electron chi connectivity index (χ3n) is 2.93. The van der Waals surface area contributed by atoms with E-state index in [1.807, 2.05) is 0 Å². The van der Waals surface area contributed by atoms with E-state index in [2.05, 4.69) is 21.9 Å². The minimum Gasteiger partial charge on any atom is -0.327 e. The Morgan fingerprint density at radius 1 is 1.17 bits per heavy atom. The van der Waals surface area contributed by atoms with Gasteiger partial charge in [0.1, 0.15) is 0 Å². The second kappa shape index (κ2) is 11.9. The molecule has 0 amide bonds. The van der Waals surface area contributed by atoms with Crippen molar-refractivity contribution in [1.82, 2.24) is 0 Å². The summed E-state index contributed by atoms with van der Waals surface area (Å²) in [6.07, 6.45) is 17.2. The van der Waals surface area contributed by atoms with Gasteiger partial charge in [-0.2, -0.15) is 0 Å². The van der Waals surface area contributed by atoms with Crippen LogP contribution in [-0.2, 0) is 0 Å². The minimum absolute atomic E-state index is 0.0484. The summed E-state index contributed by atoms with van der Waals surface area (Å²) in [6, 6.07) is 0.0484. The molecule has 0 bridgehead atoms. The summed E-state index contributed by atoms with van der Waals surface area (Å²) in [6.45, 7) is 0.533. The van der Waals surface area contributed by atoms with Crippen molar-refractivity contribution in [3.8, 4) is 24.7 Å². The number of azide groups is 1. The van der Waals surface area contributed by atoms with E-state index in [1.54, 1.807) is 0 Å². The molecule has 0 radical (unpaired) electrons. The molecule has 0 aromatic heterocycles. The first-order valence-electron chi connectivity index (χ1n) is 6.42. The molecule has 98 valence electrons. The summed E-state index contributed by atoms with van der Waals surface area (Å²) in [5.41, 5.74) is 14.2. The van der Waals surface area contributed by atoms with Gasteiger partial charge in [-0.25, -0.2) is 0 Å². The van der Waals surface area contributed by atoms with Crippen molar-refractivity contribution in [2.45, 2.75) is 51.0 Å². The first-order valence-corrected chi connectivity index (χ1v) is 6.42. The van der Waals surface area contributed by atoms with Crippen LogP contribution in [0.1, 0.15) is 44.9 Å². The average molecular weight is 246 g/mol. The van der Waals surface area contributed by atoms with Crippen LogP contribution < -0.4 is 5.73 Å². The number of rotatable bonds is 10. The van der Waals surface area contributed by atoms with Crippen LogP contribution in [-0.4, -0.2) is 12.6 Å². The van der Waals surface area contributed by atoms with Crippen LogP contribution in [0.2, 0.25) is 0 Å². The molecule has 0 rings (SSSR count). The van der Waals surface area contributed by atoms with E-state index >= 15 is 0 Å². The lowest BCUT2D eigenvalue weighted by Gasteiger charge is -2.18. The molecule has 0 aromatic rings. The van der Waals surface area contributed by atoms with E-state index in [1.165, 1.54) is 0 Å². The second-order valence-electron chi connectivity index (χ2n) is 4.34. The highest BCUT2D eigenvalue weighted by atomic mass is 15.1. The fourth-order valence-corrected chi connectivity index (χ4v) is 1.82. The van der Waals surface area contributed by atoms with Gasteiger partial charge in [-0.15, -0.1) is 24.7 Å². The first-order chi connectivity index (χ1) is 8.76. The highest BCUT2D eigenvalue weighted by Gasteiger charge is 2.14. The predicted molar refractivity (Wildman–Crippen MR) is 75.5 cm³/mol. The Labute approximate surface area is 110 Å². The molecule has 2 atom stereocenters. The van der Waals surface area contributed by atoms with Gasteiger partial charge in [0, 0.05) is 29.8 Å². The molecular weight excluding hydrogens is 224 g/mol. The van der Waals surface area contributed by atoms with E-state index < -0.39 is 0 Å². The molecule has 0 aliphatic heterocycles. The van der Waals surface area contributed by atoms with Gasteiger partial charge >= 0.3 is 0 Å². The first kappa shape index (κ1) is 16.4. The van der Waals surface area contributed by atoms with Crippen molar-refractivity contribution in [3.05, 3.63) is 10.4 Å². The Kier molecular flexibility index (Phi) is 10.8. The molecule has 4 nitrogen and oxygen atoms in total. The fourth-order valence-electron chi connectivity index (χ4n) is 1.82. The Morgan fingerprint density at radius 2 is 1.89 bits per heavy atom. The summed E-state index contributed by atoms with van der Waals surface area (Å²) in [5, 5.41) is 3.49. The van der Waals surface area contributed by atoms with E-state index in [9.17, 15) is 0 Å². The van der Waals surface area contributed by atoms with Gasteiger partial charge < -0.3 is 5.73 Å². The van der Waals surface area contributed by atoms with Crippen LogP contribution in [0.25, 0.3) is 10.4 Å². The van der Waals surface area contributed by atoms with Gasteiger partial charge in [0.15, 0.2) is 0 Å². The molecule has 18 heavy (non-hydrogen) atoms. The SMILES string of the molecule is C#CCCCCC(N)C(C#C)CCCCN=[N+]=[N-]. The molecule has 0 fully saturated rings. The van der Waals surface area contributed by atoms with Crippen molar-refractivity contribution in [2.75, 3.05) is 6.54 Å². The molecule has 2 unspecified atom stereocenters. The highest BCUT2D eigenvalue weighted by molar-refractivity contribution is 4.98. The Hall–Kier alpha value is -1.61. The van der Waals surface area contributed by atoms with Gasteiger partial charge in [0.25, 0.3) is 0 Å². The summed E-state index contributed by atoms with van der Waals surface area (Å²) in [7, 11) is 0. The molecule has 0 spiro atoms. The maximum Gasteiger partial charge on any atom is 0.0351 e. The molecular formula is C14H22N4. The molecule has 0 aliphatic carbocycles. The Bertz CT molecular complexity index is 331. The highest BCUT2D eigenvalue weighted by Crippen LogP contribution is 2.15. The van der Waals surface area contributed by atoms with Crippen LogP contribution >= 0.6 is 0 Å². The predicted octanol–water partition coefficient (Wildman–Crippen LogP) is 3.24. The zero-order chi connectivity index (χ0) is 13.6. The van der Waals surface area contributed by atoms with Gasteiger partial charge in [-0.3, -0.25) is 0 Å². The normalized spacial score (nSPS) is 12.8. The minimum atomic E-state index is 0.0484. The fraction of sp³-hybridized carbons (Fsp3) is 0.714. The van der Waals surface area contributed by atoms with Gasteiger partial charge in [0.2, 0.25) is 0 Å². The Balaban J connectivity index is 3.76. The lowest BCUT2D eigenvalue weighted by Crippen LogP contribution is -2.29. The van der Waals surface area contributed by atoms with Crippen LogP contribution in [0.15, 0.2) is 5.11 Å². The maximum atomic E-state index is 8.14. The third-order valence-corrected chi connectivity index (χ3v) is 2.93. The van der Waals surface area contributed by atoms with E-state index in [0.29, 0.717) is 6.54 Å².